The maximum atomic E-state index is 10.7. The molecule has 0 spiro atoms. The lowest BCUT2D eigenvalue weighted by molar-refractivity contribution is 0.105. The van der Waals surface area contributed by atoms with Gasteiger partial charge >= 0.3 is 0 Å². The van der Waals surface area contributed by atoms with Crippen LogP contribution in [0.3, 0.4) is 0 Å². The number of fused-ring (bicyclic) bond motifs is 3. The van der Waals surface area contributed by atoms with Gasteiger partial charge in [-0.1, -0.05) is 84.9 Å². The summed E-state index contributed by atoms with van der Waals surface area (Å²) in [5.74, 6) is 0.808. The van der Waals surface area contributed by atoms with E-state index in [1.165, 1.54) is 22.3 Å². The fraction of sp³-hybridized carbons (Fsp3) is 0.214. The lowest BCUT2D eigenvalue weighted by Gasteiger charge is -2.23. The molecule has 0 bridgehead atoms. The standard InChI is InChI=1S/C28H27NO2.ClH/c30-23(19-31-27-15-7-11-20-8-1-4-12-24(20)27)18-29-28-25-13-5-2-9-21(25)16-17-22-10-3-6-14-26(22)28;/h1-15,23,28-30H,16-19H2;1H. The molecule has 32 heavy (non-hydrogen) atoms. The Morgan fingerprint density at radius 2 is 1.38 bits per heavy atom. The van der Waals surface area contributed by atoms with Crippen molar-refractivity contribution in [2.75, 3.05) is 13.2 Å². The van der Waals surface area contributed by atoms with E-state index in [1.807, 2.05) is 24.3 Å². The topological polar surface area (TPSA) is 41.5 Å². The fourth-order valence-corrected chi connectivity index (χ4v) is 4.56. The number of halogens is 1. The zero-order valence-electron chi connectivity index (χ0n) is 17.9. The number of aryl methyl sites for hydroxylation is 2. The number of benzene rings is 4. The Labute approximate surface area is 195 Å². The SMILES string of the molecule is Cl.OC(CNC1c2ccccc2CCc2ccccc21)COc1cccc2ccccc12. The van der Waals surface area contributed by atoms with Gasteiger partial charge in [0.1, 0.15) is 18.5 Å². The van der Waals surface area contributed by atoms with Crippen LogP contribution >= 0.6 is 12.4 Å². The number of ether oxygens (including phenoxy) is 1. The molecule has 4 aromatic rings. The zero-order valence-corrected chi connectivity index (χ0v) is 18.7. The highest BCUT2D eigenvalue weighted by atomic mass is 35.5. The first-order chi connectivity index (χ1) is 15.3. The van der Waals surface area contributed by atoms with E-state index in [0.717, 1.165) is 29.4 Å². The molecule has 2 N–H and O–H groups in total. The van der Waals surface area contributed by atoms with Crippen LogP contribution in [0.2, 0.25) is 0 Å². The van der Waals surface area contributed by atoms with E-state index in [9.17, 15) is 5.11 Å². The molecule has 0 heterocycles. The van der Waals surface area contributed by atoms with Gasteiger partial charge in [0, 0.05) is 11.9 Å². The summed E-state index contributed by atoms with van der Waals surface area (Å²) >= 11 is 0. The van der Waals surface area contributed by atoms with Gasteiger partial charge in [-0.3, -0.25) is 0 Å². The van der Waals surface area contributed by atoms with Gasteiger partial charge in [0.25, 0.3) is 0 Å². The molecule has 1 aliphatic rings. The van der Waals surface area contributed by atoms with Gasteiger partial charge < -0.3 is 15.2 Å². The van der Waals surface area contributed by atoms with Crippen molar-refractivity contribution in [3.63, 3.8) is 0 Å². The van der Waals surface area contributed by atoms with Crippen LogP contribution in [-0.4, -0.2) is 24.4 Å². The summed E-state index contributed by atoms with van der Waals surface area (Å²) in [5, 5.41) is 16.5. The first-order valence-electron chi connectivity index (χ1n) is 11.0. The smallest absolute Gasteiger partial charge is 0.127 e. The van der Waals surface area contributed by atoms with Gasteiger partial charge in [-0.15, -0.1) is 12.4 Å². The summed E-state index contributed by atoms with van der Waals surface area (Å²) in [6.07, 6.45) is 1.47. The predicted octanol–water partition coefficient (Wildman–Crippen LogP) is 5.48. The Balaban J connectivity index is 0.00000245. The fourth-order valence-electron chi connectivity index (χ4n) is 4.56. The molecule has 164 valence electrons. The lowest BCUT2D eigenvalue weighted by Crippen LogP contribution is -2.34. The van der Waals surface area contributed by atoms with Gasteiger partial charge in [-0.25, -0.2) is 0 Å². The molecule has 0 amide bonds. The maximum absolute atomic E-state index is 10.7. The highest BCUT2D eigenvalue weighted by molar-refractivity contribution is 5.88. The second-order valence-corrected chi connectivity index (χ2v) is 8.18. The average molecular weight is 446 g/mol. The van der Waals surface area contributed by atoms with Gasteiger partial charge in [0.2, 0.25) is 0 Å². The number of aliphatic hydroxyl groups excluding tert-OH is 1. The first kappa shape index (κ1) is 22.3. The lowest BCUT2D eigenvalue weighted by atomic mass is 9.94. The summed E-state index contributed by atoms with van der Waals surface area (Å²) in [7, 11) is 0. The van der Waals surface area contributed by atoms with E-state index in [1.54, 1.807) is 0 Å². The third-order valence-electron chi connectivity index (χ3n) is 6.13. The van der Waals surface area contributed by atoms with E-state index in [0.29, 0.717) is 6.54 Å². The van der Waals surface area contributed by atoms with Crippen molar-refractivity contribution < 1.29 is 9.84 Å². The Bertz CT molecular complexity index is 1140. The normalized spacial score (nSPS) is 14.0. The molecule has 0 aliphatic heterocycles. The van der Waals surface area contributed by atoms with Crippen LogP contribution in [0.1, 0.15) is 28.3 Å². The second kappa shape index (κ2) is 10.2. The van der Waals surface area contributed by atoms with Crippen molar-refractivity contribution in [2.24, 2.45) is 0 Å². The van der Waals surface area contributed by atoms with Crippen LogP contribution in [0.25, 0.3) is 10.8 Å². The van der Waals surface area contributed by atoms with E-state index in [2.05, 4.69) is 72.0 Å². The first-order valence-corrected chi connectivity index (χ1v) is 11.0. The number of hydrogen-bond donors (Lipinski definition) is 2. The third kappa shape index (κ3) is 4.66. The largest absolute Gasteiger partial charge is 0.490 e. The van der Waals surface area contributed by atoms with Crippen molar-refractivity contribution >= 4 is 23.2 Å². The molecule has 0 aromatic heterocycles. The van der Waals surface area contributed by atoms with Crippen molar-refractivity contribution in [1.82, 2.24) is 5.32 Å². The van der Waals surface area contributed by atoms with Crippen LogP contribution in [-0.2, 0) is 12.8 Å². The zero-order chi connectivity index (χ0) is 21.0. The number of aliphatic hydroxyl groups is 1. The molecule has 0 saturated heterocycles. The van der Waals surface area contributed by atoms with Crippen LogP contribution < -0.4 is 10.1 Å². The minimum Gasteiger partial charge on any atom is -0.490 e. The molecule has 0 radical (unpaired) electrons. The van der Waals surface area contributed by atoms with E-state index < -0.39 is 6.10 Å². The molecule has 4 aromatic carbocycles. The molecule has 1 unspecified atom stereocenters. The molecule has 3 nitrogen and oxygen atoms in total. The Morgan fingerprint density at radius 3 is 2.09 bits per heavy atom. The van der Waals surface area contributed by atoms with E-state index in [-0.39, 0.29) is 25.1 Å². The van der Waals surface area contributed by atoms with Gasteiger partial charge in [0.15, 0.2) is 0 Å². The molecular weight excluding hydrogens is 418 g/mol. The van der Waals surface area contributed by atoms with E-state index >= 15 is 0 Å². The molecule has 1 aliphatic carbocycles. The molecular formula is C28H28ClNO2. The summed E-state index contributed by atoms with van der Waals surface area (Å²) < 4.78 is 5.99. The molecule has 0 fully saturated rings. The molecule has 5 rings (SSSR count). The summed E-state index contributed by atoms with van der Waals surface area (Å²) in [6.45, 7) is 0.703. The van der Waals surface area contributed by atoms with Crippen molar-refractivity contribution in [3.8, 4) is 5.75 Å². The summed E-state index contributed by atoms with van der Waals surface area (Å²) in [4.78, 5) is 0. The Morgan fingerprint density at radius 1 is 0.781 bits per heavy atom. The molecule has 0 saturated carbocycles. The second-order valence-electron chi connectivity index (χ2n) is 8.18. The van der Waals surface area contributed by atoms with Crippen molar-refractivity contribution in [3.05, 3.63) is 113 Å². The monoisotopic (exact) mass is 445 g/mol. The third-order valence-corrected chi connectivity index (χ3v) is 6.13. The van der Waals surface area contributed by atoms with Gasteiger partial charge in [-0.2, -0.15) is 0 Å². The highest BCUT2D eigenvalue weighted by Crippen LogP contribution is 2.32. The average Bonchev–Trinajstić information content (AvgIpc) is 2.98. The van der Waals surface area contributed by atoms with Gasteiger partial charge in [0.05, 0.1) is 6.04 Å². The minimum absolute atomic E-state index is 0. The van der Waals surface area contributed by atoms with Crippen LogP contribution in [0.15, 0.2) is 91.0 Å². The number of rotatable bonds is 6. The summed E-state index contributed by atoms with van der Waals surface area (Å²) in [6, 6.07) is 31.5. The van der Waals surface area contributed by atoms with Crippen LogP contribution in [0.4, 0.5) is 0 Å². The minimum atomic E-state index is -0.610. The van der Waals surface area contributed by atoms with Crippen LogP contribution in [0, 0.1) is 0 Å². The number of hydrogen-bond acceptors (Lipinski definition) is 3. The van der Waals surface area contributed by atoms with E-state index in [4.69, 9.17) is 4.74 Å². The van der Waals surface area contributed by atoms with Crippen molar-refractivity contribution in [2.45, 2.75) is 25.0 Å². The Kier molecular flexibility index (Phi) is 7.11. The predicted molar refractivity (Wildman–Crippen MR) is 133 cm³/mol. The number of nitrogens with one attached hydrogen (secondary N) is 1. The highest BCUT2D eigenvalue weighted by Gasteiger charge is 2.23. The van der Waals surface area contributed by atoms with Crippen LogP contribution in [0.5, 0.6) is 5.75 Å². The van der Waals surface area contributed by atoms with Gasteiger partial charge in [-0.05, 0) is 46.5 Å². The quantitative estimate of drug-likeness (QED) is 0.413. The summed E-state index contributed by atoms with van der Waals surface area (Å²) in [5.41, 5.74) is 5.35. The van der Waals surface area contributed by atoms with Crippen molar-refractivity contribution in [1.29, 1.82) is 0 Å². The molecule has 4 heteroatoms. The molecule has 1 atom stereocenters. The Hall–Kier alpha value is -2.85. The maximum Gasteiger partial charge on any atom is 0.127 e.